The van der Waals surface area contributed by atoms with Gasteiger partial charge in [0, 0.05) is 17.7 Å². The zero-order valence-electron chi connectivity index (χ0n) is 8.52. The van der Waals surface area contributed by atoms with Crippen molar-refractivity contribution in [2.75, 3.05) is 0 Å². The Bertz CT molecular complexity index is 213. The maximum atomic E-state index is 4.05. The fraction of sp³-hybridized carbons (Fsp3) is 0.636. The molecule has 0 radical (unpaired) electrons. The van der Waals surface area contributed by atoms with Gasteiger partial charge in [-0.25, -0.2) is 0 Å². The van der Waals surface area contributed by atoms with Gasteiger partial charge in [0.15, 0.2) is 0 Å². The molecule has 0 amide bonds. The van der Waals surface area contributed by atoms with E-state index in [1.807, 2.05) is 0 Å². The highest BCUT2D eigenvalue weighted by Gasteiger charge is 2.31. The predicted molar refractivity (Wildman–Crippen MR) is 53.8 cm³/mol. The lowest BCUT2D eigenvalue weighted by Crippen LogP contribution is -2.16. The second-order valence-corrected chi connectivity index (χ2v) is 3.90. The average molecular weight is 165 g/mol. The molecule has 2 unspecified atom stereocenters. The quantitative estimate of drug-likeness (QED) is 0.589. The van der Waals surface area contributed by atoms with Gasteiger partial charge in [-0.05, 0) is 25.3 Å². The summed E-state index contributed by atoms with van der Waals surface area (Å²) in [6, 6.07) is 0.481. The molecule has 0 aliphatic carbocycles. The third-order valence-corrected chi connectivity index (χ3v) is 2.64. The van der Waals surface area contributed by atoms with Crippen LogP contribution in [0.3, 0.4) is 0 Å². The molecule has 0 aromatic rings. The SMILES string of the molecule is C=C1NC(C)/C(=C/C)C1C(C)C. The molecule has 0 aromatic carbocycles. The summed E-state index contributed by atoms with van der Waals surface area (Å²) in [6.07, 6.45) is 2.22. The Morgan fingerprint density at radius 3 is 2.42 bits per heavy atom. The van der Waals surface area contributed by atoms with Crippen molar-refractivity contribution >= 4 is 0 Å². The summed E-state index contributed by atoms with van der Waals surface area (Å²) in [5, 5.41) is 3.39. The first-order chi connectivity index (χ1) is 5.57. The van der Waals surface area contributed by atoms with Gasteiger partial charge in [-0.2, -0.15) is 0 Å². The lowest BCUT2D eigenvalue weighted by molar-refractivity contribution is 0.517. The van der Waals surface area contributed by atoms with Gasteiger partial charge in [0.2, 0.25) is 0 Å². The van der Waals surface area contributed by atoms with Crippen LogP contribution in [0.2, 0.25) is 0 Å². The molecule has 12 heavy (non-hydrogen) atoms. The number of hydrogen-bond donors (Lipinski definition) is 1. The minimum absolute atomic E-state index is 0.481. The lowest BCUT2D eigenvalue weighted by Gasteiger charge is -2.16. The molecular formula is C11H19N. The summed E-state index contributed by atoms with van der Waals surface area (Å²) in [4.78, 5) is 0. The first-order valence-corrected chi connectivity index (χ1v) is 4.69. The van der Waals surface area contributed by atoms with Crippen LogP contribution < -0.4 is 5.32 Å². The molecule has 1 aliphatic rings. The number of allylic oxidation sites excluding steroid dienone is 2. The summed E-state index contributed by atoms with van der Waals surface area (Å²) in [5.74, 6) is 1.20. The van der Waals surface area contributed by atoms with Crippen LogP contribution in [-0.4, -0.2) is 6.04 Å². The highest BCUT2D eigenvalue weighted by atomic mass is 15.0. The molecule has 0 spiro atoms. The van der Waals surface area contributed by atoms with Crippen molar-refractivity contribution in [1.29, 1.82) is 0 Å². The van der Waals surface area contributed by atoms with Crippen molar-refractivity contribution in [3.05, 3.63) is 23.9 Å². The largest absolute Gasteiger partial charge is 0.382 e. The van der Waals surface area contributed by atoms with Gasteiger partial charge >= 0.3 is 0 Å². The first-order valence-electron chi connectivity index (χ1n) is 4.69. The van der Waals surface area contributed by atoms with Crippen LogP contribution in [0, 0.1) is 11.8 Å². The van der Waals surface area contributed by atoms with E-state index < -0.39 is 0 Å². The van der Waals surface area contributed by atoms with Gasteiger partial charge in [-0.1, -0.05) is 26.5 Å². The van der Waals surface area contributed by atoms with E-state index in [0.29, 0.717) is 17.9 Å². The number of rotatable bonds is 1. The summed E-state index contributed by atoms with van der Waals surface area (Å²) in [7, 11) is 0. The maximum absolute atomic E-state index is 4.05. The monoisotopic (exact) mass is 165 g/mol. The van der Waals surface area contributed by atoms with Gasteiger partial charge < -0.3 is 5.32 Å². The van der Waals surface area contributed by atoms with E-state index in [1.165, 1.54) is 11.3 Å². The highest BCUT2D eigenvalue weighted by molar-refractivity contribution is 5.30. The molecule has 1 nitrogen and oxygen atoms in total. The van der Waals surface area contributed by atoms with E-state index in [9.17, 15) is 0 Å². The standard InChI is InChI=1S/C11H19N/c1-6-10-8(4)12-9(5)11(10)7(2)3/h6-8,11-12H,5H2,1-4H3/b10-6-. The van der Waals surface area contributed by atoms with Crippen LogP contribution in [-0.2, 0) is 0 Å². The summed E-state index contributed by atoms with van der Waals surface area (Å²) in [5.41, 5.74) is 2.68. The van der Waals surface area contributed by atoms with Gasteiger partial charge in [0.05, 0.1) is 0 Å². The second kappa shape index (κ2) is 3.34. The van der Waals surface area contributed by atoms with Crippen molar-refractivity contribution in [2.24, 2.45) is 11.8 Å². The molecule has 0 aromatic heterocycles. The molecule has 1 heteroatoms. The third kappa shape index (κ3) is 1.40. The van der Waals surface area contributed by atoms with Crippen molar-refractivity contribution in [2.45, 2.75) is 33.7 Å². The molecule has 1 rings (SSSR count). The smallest absolute Gasteiger partial charge is 0.0448 e. The maximum Gasteiger partial charge on any atom is 0.0448 e. The van der Waals surface area contributed by atoms with Gasteiger partial charge in [0.1, 0.15) is 0 Å². The van der Waals surface area contributed by atoms with Crippen LogP contribution in [0.15, 0.2) is 23.9 Å². The Balaban J connectivity index is 2.90. The molecule has 1 heterocycles. The van der Waals surface area contributed by atoms with Crippen molar-refractivity contribution < 1.29 is 0 Å². The van der Waals surface area contributed by atoms with Crippen molar-refractivity contribution in [1.82, 2.24) is 5.32 Å². The second-order valence-electron chi connectivity index (χ2n) is 3.90. The van der Waals surface area contributed by atoms with E-state index in [1.54, 1.807) is 0 Å². The molecule has 1 saturated heterocycles. The predicted octanol–water partition coefficient (Wildman–Crippen LogP) is 2.71. The zero-order chi connectivity index (χ0) is 9.30. The Morgan fingerprint density at radius 1 is 1.50 bits per heavy atom. The normalized spacial score (nSPS) is 33.1. The summed E-state index contributed by atoms with van der Waals surface area (Å²) >= 11 is 0. The fourth-order valence-electron chi connectivity index (χ4n) is 2.14. The summed E-state index contributed by atoms with van der Waals surface area (Å²) < 4.78 is 0. The molecule has 2 atom stereocenters. The Labute approximate surface area is 75.6 Å². The Kier molecular flexibility index (Phi) is 2.61. The van der Waals surface area contributed by atoms with E-state index in [0.717, 1.165) is 0 Å². The van der Waals surface area contributed by atoms with Crippen LogP contribution in [0.1, 0.15) is 27.7 Å². The minimum Gasteiger partial charge on any atom is -0.382 e. The topological polar surface area (TPSA) is 12.0 Å². The van der Waals surface area contributed by atoms with Crippen molar-refractivity contribution in [3.8, 4) is 0 Å². The van der Waals surface area contributed by atoms with Crippen molar-refractivity contribution in [3.63, 3.8) is 0 Å². The fourth-order valence-corrected chi connectivity index (χ4v) is 2.14. The highest BCUT2D eigenvalue weighted by Crippen LogP contribution is 2.33. The first kappa shape index (κ1) is 9.37. The molecule has 1 N–H and O–H groups in total. The Morgan fingerprint density at radius 2 is 2.08 bits per heavy atom. The minimum atomic E-state index is 0.481. The van der Waals surface area contributed by atoms with E-state index in [2.05, 4.69) is 45.7 Å². The van der Waals surface area contributed by atoms with E-state index in [-0.39, 0.29) is 0 Å². The van der Waals surface area contributed by atoms with Crippen LogP contribution in [0.5, 0.6) is 0 Å². The molecule has 1 aliphatic heterocycles. The van der Waals surface area contributed by atoms with E-state index in [4.69, 9.17) is 0 Å². The van der Waals surface area contributed by atoms with Gasteiger partial charge in [0.25, 0.3) is 0 Å². The van der Waals surface area contributed by atoms with Crippen LogP contribution in [0.25, 0.3) is 0 Å². The van der Waals surface area contributed by atoms with Crippen LogP contribution >= 0.6 is 0 Å². The van der Waals surface area contributed by atoms with E-state index >= 15 is 0 Å². The summed E-state index contributed by atoms with van der Waals surface area (Å²) in [6.45, 7) is 12.9. The average Bonchev–Trinajstić information content (AvgIpc) is 2.24. The van der Waals surface area contributed by atoms with Gasteiger partial charge in [-0.15, -0.1) is 0 Å². The molecule has 0 saturated carbocycles. The van der Waals surface area contributed by atoms with Crippen LogP contribution in [0.4, 0.5) is 0 Å². The zero-order valence-corrected chi connectivity index (χ0v) is 8.52. The molecule has 68 valence electrons. The molecular weight excluding hydrogens is 146 g/mol. The lowest BCUT2D eigenvalue weighted by atomic mass is 9.87. The molecule has 0 bridgehead atoms. The Hall–Kier alpha value is -0.720. The third-order valence-electron chi connectivity index (χ3n) is 2.64. The van der Waals surface area contributed by atoms with Gasteiger partial charge in [-0.3, -0.25) is 0 Å². The number of nitrogens with one attached hydrogen (secondary N) is 1. The molecule has 1 fully saturated rings. The number of hydrogen-bond acceptors (Lipinski definition) is 1.